The van der Waals surface area contributed by atoms with Crippen LogP contribution >= 0.6 is 0 Å². The quantitative estimate of drug-likeness (QED) is 0.887. The number of rotatable bonds is 5. The van der Waals surface area contributed by atoms with E-state index in [2.05, 4.69) is 22.9 Å². The number of ether oxygens (including phenoxy) is 1. The van der Waals surface area contributed by atoms with Gasteiger partial charge in [-0.2, -0.15) is 5.26 Å². The maximum absolute atomic E-state index is 8.95. The van der Waals surface area contributed by atoms with Crippen molar-refractivity contribution in [2.45, 2.75) is 13.0 Å². The van der Waals surface area contributed by atoms with Gasteiger partial charge >= 0.3 is 0 Å². The number of methoxy groups -OCH3 is 1. The van der Waals surface area contributed by atoms with E-state index in [9.17, 15) is 0 Å². The van der Waals surface area contributed by atoms with Crippen LogP contribution in [0.5, 0.6) is 5.75 Å². The third-order valence-corrected chi connectivity index (χ3v) is 3.00. The fraction of sp³-hybridized carbons (Fsp3) is 0.267. The molecule has 0 radical (unpaired) electrons. The van der Waals surface area contributed by atoms with Gasteiger partial charge < -0.3 is 15.0 Å². The first-order chi connectivity index (χ1) is 9.26. The molecule has 2 aromatic rings. The highest BCUT2D eigenvalue weighted by molar-refractivity contribution is 5.45. The zero-order valence-corrected chi connectivity index (χ0v) is 11.0. The highest BCUT2D eigenvalue weighted by Crippen LogP contribution is 2.20. The highest BCUT2D eigenvalue weighted by Gasteiger charge is 2.04. The second kappa shape index (κ2) is 6.07. The van der Waals surface area contributed by atoms with Gasteiger partial charge in [-0.3, -0.25) is 0 Å². The molecule has 1 heterocycles. The smallest absolute Gasteiger partial charge is 0.136 e. The predicted molar refractivity (Wildman–Crippen MR) is 74.0 cm³/mol. The van der Waals surface area contributed by atoms with E-state index in [-0.39, 0.29) is 0 Å². The summed E-state index contributed by atoms with van der Waals surface area (Å²) in [7, 11) is 1.58. The van der Waals surface area contributed by atoms with Gasteiger partial charge in [-0.25, -0.2) is 0 Å². The molecule has 0 saturated heterocycles. The summed E-state index contributed by atoms with van der Waals surface area (Å²) in [4.78, 5) is 0. The van der Waals surface area contributed by atoms with Gasteiger partial charge in [0.1, 0.15) is 11.8 Å². The Bertz CT molecular complexity index is 596. The van der Waals surface area contributed by atoms with Crippen molar-refractivity contribution >= 4 is 0 Å². The minimum absolute atomic E-state index is 0.558. The molecular formula is C15H17N3O. The van der Waals surface area contributed by atoms with Gasteiger partial charge in [0, 0.05) is 18.9 Å². The molecular weight excluding hydrogens is 238 g/mol. The molecule has 0 saturated carbocycles. The summed E-state index contributed by atoms with van der Waals surface area (Å²) in [6.45, 7) is 1.42. The van der Waals surface area contributed by atoms with Gasteiger partial charge in [0.2, 0.25) is 0 Å². The monoisotopic (exact) mass is 255 g/mol. The van der Waals surface area contributed by atoms with Crippen LogP contribution in [0, 0.1) is 11.3 Å². The fourth-order valence-corrected chi connectivity index (χ4v) is 2.04. The van der Waals surface area contributed by atoms with E-state index in [0.29, 0.717) is 17.9 Å². The van der Waals surface area contributed by atoms with Gasteiger partial charge in [0.25, 0.3) is 0 Å². The summed E-state index contributed by atoms with van der Waals surface area (Å²) >= 11 is 0. The average molecular weight is 255 g/mol. The van der Waals surface area contributed by atoms with Gasteiger partial charge in [0.05, 0.1) is 12.7 Å². The summed E-state index contributed by atoms with van der Waals surface area (Å²) in [5, 5.41) is 8.95. The van der Waals surface area contributed by atoms with Crippen molar-refractivity contribution in [3.63, 3.8) is 0 Å². The number of hydrogen-bond donors (Lipinski definition) is 1. The number of hydrogen-bond acceptors (Lipinski definition) is 3. The lowest BCUT2D eigenvalue weighted by atomic mass is 10.1. The van der Waals surface area contributed by atoms with Crippen LogP contribution in [0.25, 0.3) is 0 Å². The van der Waals surface area contributed by atoms with E-state index in [1.165, 1.54) is 5.56 Å². The SMILES string of the molecule is COc1cc(Cn2ccc(CCN)c2)ccc1C#N. The van der Waals surface area contributed by atoms with E-state index >= 15 is 0 Å². The number of aromatic nitrogens is 1. The van der Waals surface area contributed by atoms with Gasteiger partial charge in [-0.15, -0.1) is 0 Å². The molecule has 0 aliphatic carbocycles. The van der Waals surface area contributed by atoms with Crippen LogP contribution < -0.4 is 10.5 Å². The maximum atomic E-state index is 8.95. The molecule has 1 aromatic carbocycles. The van der Waals surface area contributed by atoms with Crippen LogP contribution in [-0.4, -0.2) is 18.2 Å². The second-order valence-electron chi connectivity index (χ2n) is 4.38. The first-order valence-electron chi connectivity index (χ1n) is 6.18. The average Bonchev–Trinajstić information content (AvgIpc) is 2.86. The molecule has 0 atom stereocenters. The molecule has 1 aromatic heterocycles. The Kier molecular flexibility index (Phi) is 4.22. The van der Waals surface area contributed by atoms with Crippen LogP contribution in [0.2, 0.25) is 0 Å². The van der Waals surface area contributed by atoms with Gasteiger partial charge in [0.15, 0.2) is 0 Å². The maximum Gasteiger partial charge on any atom is 0.136 e. The first-order valence-corrected chi connectivity index (χ1v) is 6.18. The Morgan fingerprint density at radius 1 is 1.32 bits per heavy atom. The van der Waals surface area contributed by atoms with Crippen LogP contribution in [0.3, 0.4) is 0 Å². The number of benzene rings is 1. The van der Waals surface area contributed by atoms with Crippen molar-refractivity contribution in [1.82, 2.24) is 4.57 Å². The fourth-order valence-electron chi connectivity index (χ4n) is 2.04. The zero-order chi connectivity index (χ0) is 13.7. The lowest BCUT2D eigenvalue weighted by molar-refractivity contribution is 0.413. The van der Waals surface area contributed by atoms with Crippen LogP contribution in [-0.2, 0) is 13.0 Å². The molecule has 0 fully saturated rings. The molecule has 2 N–H and O–H groups in total. The van der Waals surface area contributed by atoms with E-state index in [1.807, 2.05) is 18.3 Å². The number of nitrogens with two attached hydrogens (primary N) is 1. The van der Waals surface area contributed by atoms with Crippen molar-refractivity contribution < 1.29 is 4.74 Å². The van der Waals surface area contributed by atoms with E-state index in [0.717, 1.165) is 18.5 Å². The minimum atomic E-state index is 0.558. The molecule has 4 heteroatoms. The van der Waals surface area contributed by atoms with Gasteiger partial charge in [-0.1, -0.05) is 6.07 Å². The third kappa shape index (κ3) is 3.15. The van der Waals surface area contributed by atoms with Crippen LogP contribution in [0.4, 0.5) is 0 Å². The summed E-state index contributed by atoms with van der Waals surface area (Å²) in [6.07, 6.45) is 5.02. The second-order valence-corrected chi connectivity index (χ2v) is 4.38. The Morgan fingerprint density at radius 3 is 2.84 bits per heavy atom. The Labute approximate surface area is 113 Å². The summed E-state index contributed by atoms with van der Waals surface area (Å²) < 4.78 is 7.31. The molecule has 4 nitrogen and oxygen atoms in total. The molecule has 2 rings (SSSR count). The molecule has 0 amide bonds. The van der Waals surface area contributed by atoms with Crippen LogP contribution in [0.15, 0.2) is 36.7 Å². The lowest BCUT2D eigenvalue weighted by Crippen LogP contribution is -2.02. The van der Waals surface area contributed by atoms with Crippen molar-refractivity contribution in [2.75, 3.05) is 13.7 Å². The number of nitriles is 1. The summed E-state index contributed by atoms with van der Waals surface area (Å²) in [5.74, 6) is 0.620. The summed E-state index contributed by atoms with van der Waals surface area (Å²) in [6, 6.07) is 9.83. The normalized spacial score (nSPS) is 10.2. The largest absolute Gasteiger partial charge is 0.495 e. The van der Waals surface area contributed by atoms with Crippen molar-refractivity contribution in [3.8, 4) is 11.8 Å². The molecule has 19 heavy (non-hydrogen) atoms. The van der Waals surface area contributed by atoms with E-state index < -0.39 is 0 Å². The lowest BCUT2D eigenvalue weighted by Gasteiger charge is -2.07. The molecule has 0 bridgehead atoms. The van der Waals surface area contributed by atoms with Crippen molar-refractivity contribution in [1.29, 1.82) is 5.26 Å². The van der Waals surface area contributed by atoms with Crippen LogP contribution in [0.1, 0.15) is 16.7 Å². The Hall–Kier alpha value is -2.25. The Balaban J connectivity index is 2.16. The van der Waals surface area contributed by atoms with Crippen molar-refractivity contribution in [3.05, 3.63) is 53.3 Å². The highest BCUT2D eigenvalue weighted by atomic mass is 16.5. The van der Waals surface area contributed by atoms with E-state index in [1.54, 1.807) is 13.2 Å². The molecule has 0 unspecified atom stereocenters. The summed E-state index contributed by atoms with van der Waals surface area (Å²) in [5.41, 5.74) is 8.44. The van der Waals surface area contributed by atoms with Gasteiger partial charge in [-0.05, 0) is 42.3 Å². The molecule has 0 aliphatic heterocycles. The topological polar surface area (TPSA) is 64.0 Å². The zero-order valence-electron chi connectivity index (χ0n) is 11.0. The third-order valence-electron chi connectivity index (χ3n) is 3.00. The molecule has 0 aliphatic rings. The van der Waals surface area contributed by atoms with E-state index in [4.69, 9.17) is 15.7 Å². The predicted octanol–water partition coefficient (Wildman–Crippen LogP) is 1.92. The Morgan fingerprint density at radius 2 is 2.16 bits per heavy atom. The minimum Gasteiger partial charge on any atom is -0.495 e. The van der Waals surface area contributed by atoms with Crippen molar-refractivity contribution in [2.24, 2.45) is 5.73 Å². The standard InChI is InChI=1S/C15H17N3O/c1-19-15-8-13(2-3-14(15)9-17)11-18-7-5-12(10-18)4-6-16/h2-3,5,7-8,10H,4,6,11,16H2,1H3. The number of nitrogens with zero attached hydrogens (tertiary/aromatic N) is 2. The molecule has 98 valence electrons. The first kappa shape index (κ1) is 13.2. The molecule has 0 spiro atoms.